The van der Waals surface area contributed by atoms with Gasteiger partial charge in [0.15, 0.2) is 0 Å². The van der Waals surface area contributed by atoms with Gasteiger partial charge in [-0.25, -0.2) is 0 Å². The molecule has 2 amide bonds. The number of nitrogens with two attached hydrogens (primary N) is 1. The van der Waals surface area contributed by atoms with Crippen molar-refractivity contribution in [2.24, 2.45) is 17.6 Å². The van der Waals surface area contributed by atoms with E-state index in [-0.39, 0.29) is 29.7 Å². The first-order valence-corrected chi connectivity index (χ1v) is 6.79. The molecule has 3 unspecified atom stereocenters. The number of nitrogens with zero attached hydrogens (tertiary/aromatic N) is 1. The summed E-state index contributed by atoms with van der Waals surface area (Å²) in [6.07, 6.45) is 0.745. The van der Waals surface area contributed by atoms with Crippen molar-refractivity contribution < 1.29 is 9.59 Å². The van der Waals surface area contributed by atoms with Crippen LogP contribution in [0.25, 0.3) is 0 Å². The summed E-state index contributed by atoms with van der Waals surface area (Å²) in [6.45, 7) is 2.22. The van der Waals surface area contributed by atoms with Crippen LogP contribution in [-0.2, 0) is 9.59 Å². The molecule has 1 saturated heterocycles. The minimum atomic E-state index is -0.209. The molecule has 0 spiro atoms. The van der Waals surface area contributed by atoms with Crippen LogP contribution in [0.15, 0.2) is 24.3 Å². The van der Waals surface area contributed by atoms with Gasteiger partial charge in [0.2, 0.25) is 11.8 Å². The maximum Gasteiger partial charge on any atom is 0.233 e. The number of hydrogen-bond acceptors (Lipinski definition) is 3. The summed E-state index contributed by atoms with van der Waals surface area (Å²) in [5.41, 5.74) is 7.16. The van der Waals surface area contributed by atoms with Gasteiger partial charge in [0.25, 0.3) is 0 Å². The lowest BCUT2D eigenvalue weighted by Gasteiger charge is -2.24. The summed E-state index contributed by atoms with van der Waals surface area (Å²) in [7, 11) is 0. The van der Waals surface area contributed by atoms with E-state index >= 15 is 0 Å². The molecule has 2 N–H and O–H groups in total. The van der Waals surface area contributed by atoms with E-state index in [1.807, 2.05) is 31.2 Å². The molecule has 3 atom stereocenters. The number of rotatable bonds is 2. The number of benzene rings is 1. The SMILES string of the molecule is CC(c1ccc(C#CCN)cc1)N1C(=O)C2CC2C1=O. The van der Waals surface area contributed by atoms with Gasteiger partial charge < -0.3 is 5.73 Å². The van der Waals surface area contributed by atoms with Crippen LogP contribution in [0, 0.1) is 23.7 Å². The summed E-state index contributed by atoms with van der Waals surface area (Å²) in [4.78, 5) is 25.5. The summed E-state index contributed by atoms with van der Waals surface area (Å²) >= 11 is 0. The normalized spacial score (nSPS) is 25.0. The topological polar surface area (TPSA) is 63.4 Å². The van der Waals surface area contributed by atoms with Crippen LogP contribution < -0.4 is 5.73 Å². The van der Waals surface area contributed by atoms with Crippen molar-refractivity contribution in [1.82, 2.24) is 4.90 Å². The zero-order valence-electron chi connectivity index (χ0n) is 11.3. The van der Waals surface area contributed by atoms with E-state index in [9.17, 15) is 9.59 Å². The summed E-state index contributed by atoms with van der Waals surface area (Å²) < 4.78 is 0. The Labute approximate surface area is 117 Å². The van der Waals surface area contributed by atoms with E-state index in [0.29, 0.717) is 6.54 Å². The maximum absolute atomic E-state index is 12.0. The average Bonchev–Trinajstić information content (AvgIpc) is 3.21. The van der Waals surface area contributed by atoms with Gasteiger partial charge in [0.05, 0.1) is 24.4 Å². The Hall–Kier alpha value is -2.12. The maximum atomic E-state index is 12.0. The Balaban J connectivity index is 1.79. The van der Waals surface area contributed by atoms with Gasteiger partial charge in [0, 0.05) is 5.56 Å². The van der Waals surface area contributed by atoms with Gasteiger partial charge >= 0.3 is 0 Å². The Morgan fingerprint density at radius 2 is 1.85 bits per heavy atom. The number of piperidine rings is 1. The first-order valence-electron chi connectivity index (χ1n) is 6.79. The molecule has 0 aromatic heterocycles. The molecule has 20 heavy (non-hydrogen) atoms. The Kier molecular flexibility index (Phi) is 3.07. The second kappa shape index (κ2) is 4.77. The lowest BCUT2D eigenvalue weighted by molar-refractivity contribution is -0.143. The number of carbonyl (C=O) groups excluding carboxylic acids is 2. The number of likely N-dealkylation sites (tertiary alicyclic amines) is 1. The van der Waals surface area contributed by atoms with Crippen molar-refractivity contribution >= 4 is 11.8 Å². The molecule has 1 aliphatic heterocycles. The fraction of sp³-hybridized carbons (Fsp3) is 0.375. The molecule has 0 radical (unpaired) electrons. The van der Waals surface area contributed by atoms with Crippen LogP contribution >= 0.6 is 0 Å². The van der Waals surface area contributed by atoms with E-state index in [0.717, 1.165) is 17.5 Å². The summed E-state index contributed by atoms with van der Waals surface area (Å²) in [6, 6.07) is 7.39. The number of imide groups is 1. The van der Waals surface area contributed by atoms with Crippen molar-refractivity contribution in [1.29, 1.82) is 0 Å². The number of carbonyl (C=O) groups is 2. The molecule has 1 aromatic rings. The zero-order chi connectivity index (χ0) is 14.3. The monoisotopic (exact) mass is 268 g/mol. The second-order valence-electron chi connectivity index (χ2n) is 5.30. The van der Waals surface area contributed by atoms with Crippen LogP contribution in [0.4, 0.5) is 0 Å². The molecular weight excluding hydrogens is 252 g/mol. The summed E-state index contributed by atoms with van der Waals surface area (Å²) in [5, 5.41) is 0. The molecule has 1 aliphatic carbocycles. The van der Waals surface area contributed by atoms with Crippen molar-refractivity contribution in [3.8, 4) is 11.8 Å². The van der Waals surface area contributed by atoms with E-state index in [2.05, 4.69) is 11.8 Å². The third-order valence-corrected chi connectivity index (χ3v) is 4.01. The fourth-order valence-corrected chi connectivity index (χ4v) is 2.74. The highest BCUT2D eigenvalue weighted by Gasteiger charge is 2.59. The van der Waals surface area contributed by atoms with Crippen LogP contribution in [0.3, 0.4) is 0 Å². The Bertz CT molecular complexity index is 604. The predicted molar refractivity (Wildman–Crippen MR) is 74.2 cm³/mol. The van der Waals surface area contributed by atoms with E-state index in [1.54, 1.807) is 0 Å². The first-order chi connectivity index (χ1) is 9.63. The molecule has 102 valence electrons. The lowest BCUT2D eigenvalue weighted by Crippen LogP contribution is -2.35. The lowest BCUT2D eigenvalue weighted by atomic mass is 10.0. The average molecular weight is 268 g/mol. The molecule has 4 heteroatoms. The zero-order valence-corrected chi connectivity index (χ0v) is 11.3. The van der Waals surface area contributed by atoms with Gasteiger partial charge in [-0.3, -0.25) is 14.5 Å². The molecule has 3 rings (SSSR count). The third-order valence-electron chi connectivity index (χ3n) is 4.01. The van der Waals surface area contributed by atoms with Crippen LogP contribution in [0.5, 0.6) is 0 Å². The highest BCUT2D eigenvalue weighted by molar-refractivity contribution is 6.09. The smallest absolute Gasteiger partial charge is 0.233 e. The molecule has 2 aliphatic rings. The molecule has 2 fully saturated rings. The molecule has 4 nitrogen and oxygen atoms in total. The Morgan fingerprint density at radius 1 is 1.25 bits per heavy atom. The molecular formula is C16H16N2O2. The second-order valence-corrected chi connectivity index (χ2v) is 5.30. The molecule has 1 heterocycles. The fourth-order valence-electron chi connectivity index (χ4n) is 2.74. The quantitative estimate of drug-likeness (QED) is 0.644. The highest BCUT2D eigenvalue weighted by Crippen LogP contribution is 2.49. The third kappa shape index (κ3) is 2.00. The van der Waals surface area contributed by atoms with Crippen LogP contribution in [-0.4, -0.2) is 23.3 Å². The largest absolute Gasteiger partial charge is 0.320 e. The van der Waals surface area contributed by atoms with E-state index in [4.69, 9.17) is 5.73 Å². The van der Waals surface area contributed by atoms with Gasteiger partial charge in [-0.15, -0.1) is 0 Å². The van der Waals surface area contributed by atoms with Gasteiger partial charge in [-0.05, 0) is 31.0 Å². The van der Waals surface area contributed by atoms with Gasteiger partial charge in [-0.2, -0.15) is 0 Å². The highest BCUT2D eigenvalue weighted by atomic mass is 16.2. The minimum absolute atomic E-state index is 0.0144. The van der Waals surface area contributed by atoms with Crippen molar-refractivity contribution in [3.63, 3.8) is 0 Å². The first kappa shape index (κ1) is 12.9. The predicted octanol–water partition coefficient (Wildman–Crippen LogP) is 1.06. The van der Waals surface area contributed by atoms with Crippen molar-refractivity contribution in [2.75, 3.05) is 6.54 Å². The number of hydrogen-bond donors (Lipinski definition) is 1. The number of amides is 2. The molecule has 0 bridgehead atoms. The van der Waals surface area contributed by atoms with Crippen LogP contribution in [0.1, 0.15) is 30.5 Å². The summed E-state index contributed by atoms with van der Waals surface area (Å²) in [5.74, 6) is 5.63. The van der Waals surface area contributed by atoms with Gasteiger partial charge in [0.1, 0.15) is 0 Å². The van der Waals surface area contributed by atoms with E-state index < -0.39 is 0 Å². The van der Waals surface area contributed by atoms with Gasteiger partial charge in [-0.1, -0.05) is 24.0 Å². The molecule has 1 aromatic carbocycles. The Morgan fingerprint density at radius 3 is 2.40 bits per heavy atom. The standard InChI is InChI=1S/C16H16N2O2/c1-10(18-15(19)13-9-14(13)16(18)20)12-6-4-11(5-7-12)3-2-8-17/h4-7,10,13-14H,8-9,17H2,1H3. The molecule has 1 saturated carbocycles. The minimum Gasteiger partial charge on any atom is -0.320 e. The van der Waals surface area contributed by atoms with E-state index in [1.165, 1.54) is 4.90 Å². The number of fused-ring (bicyclic) bond motifs is 1. The van der Waals surface area contributed by atoms with Crippen molar-refractivity contribution in [2.45, 2.75) is 19.4 Å². The van der Waals surface area contributed by atoms with Crippen molar-refractivity contribution in [3.05, 3.63) is 35.4 Å². The van der Waals surface area contributed by atoms with Crippen LogP contribution in [0.2, 0.25) is 0 Å².